The van der Waals surface area contributed by atoms with E-state index in [1.807, 2.05) is 19.1 Å². The number of carbonyl (C=O) groups is 1. The maximum Gasteiger partial charge on any atom is 0.254 e. The largest absolute Gasteiger partial charge is 0.345 e. The molecule has 2 nitrogen and oxygen atoms in total. The molecular formula is C19H21ClFNO. The molecule has 2 rings (SSSR count). The summed E-state index contributed by atoms with van der Waals surface area (Å²) in [6.07, 6.45) is 0. The molecule has 0 aliphatic carbocycles. The van der Waals surface area contributed by atoms with Crippen LogP contribution < -0.4 is 5.32 Å². The van der Waals surface area contributed by atoms with Crippen LogP contribution in [0.1, 0.15) is 55.2 Å². The zero-order valence-corrected chi connectivity index (χ0v) is 14.5. The SMILES string of the molecule is C[C@@H](NC(=O)c1ccc(Cl)cc1F)c1ccc(C(C)(C)C)cc1. The van der Waals surface area contributed by atoms with Gasteiger partial charge in [-0.3, -0.25) is 4.79 Å². The number of rotatable bonds is 3. The fourth-order valence-electron chi connectivity index (χ4n) is 2.30. The molecule has 0 spiro atoms. The first-order valence-corrected chi connectivity index (χ1v) is 7.92. The van der Waals surface area contributed by atoms with Crippen LogP contribution >= 0.6 is 11.6 Å². The summed E-state index contributed by atoms with van der Waals surface area (Å²) in [7, 11) is 0. The Morgan fingerprint density at radius 2 is 1.74 bits per heavy atom. The Morgan fingerprint density at radius 3 is 2.26 bits per heavy atom. The minimum atomic E-state index is -0.620. The third-order valence-corrected chi connectivity index (χ3v) is 4.04. The number of hydrogen-bond acceptors (Lipinski definition) is 1. The quantitative estimate of drug-likeness (QED) is 0.814. The lowest BCUT2D eigenvalue weighted by Gasteiger charge is -2.21. The maximum atomic E-state index is 13.8. The van der Waals surface area contributed by atoms with E-state index in [-0.39, 0.29) is 22.0 Å². The molecule has 122 valence electrons. The summed E-state index contributed by atoms with van der Waals surface area (Å²) < 4.78 is 13.8. The van der Waals surface area contributed by atoms with Gasteiger partial charge in [0.2, 0.25) is 0 Å². The standard InChI is InChI=1S/C19H21ClFNO/c1-12(13-5-7-14(8-6-13)19(2,3)4)22-18(23)16-10-9-15(20)11-17(16)21/h5-12H,1-4H3,(H,22,23)/t12-/m1/s1. The van der Waals surface area contributed by atoms with E-state index in [4.69, 9.17) is 11.6 Å². The molecule has 0 aliphatic rings. The van der Waals surface area contributed by atoms with Gasteiger partial charge in [0, 0.05) is 5.02 Å². The van der Waals surface area contributed by atoms with Gasteiger partial charge >= 0.3 is 0 Å². The van der Waals surface area contributed by atoms with E-state index in [2.05, 4.69) is 38.2 Å². The average molecular weight is 334 g/mol. The lowest BCUT2D eigenvalue weighted by molar-refractivity contribution is 0.0936. The molecule has 0 radical (unpaired) electrons. The van der Waals surface area contributed by atoms with E-state index >= 15 is 0 Å². The second kappa shape index (κ2) is 6.71. The highest BCUT2D eigenvalue weighted by Gasteiger charge is 2.17. The van der Waals surface area contributed by atoms with Crippen molar-refractivity contribution in [3.05, 3.63) is 70.0 Å². The van der Waals surface area contributed by atoms with Gasteiger partial charge in [0.15, 0.2) is 0 Å². The summed E-state index contributed by atoms with van der Waals surface area (Å²) in [5, 5.41) is 3.08. The Balaban J connectivity index is 2.12. The van der Waals surface area contributed by atoms with Gasteiger partial charge in [-0.05, 0) is 41.7 Å². The highest BCUT2D eigenvalue weighted by molar-refractivity contribution is 6.30. The number of halogens is 2. The van der Waals surface area contributed by atoms with Crippen molar-refractivity contribution >= 4 is 17.5 Å². The highest BCUT2D eigenvalue weighted by Crippen LogP contribution is 2.24. The number of benzene rings is 2. The fraction of sp³-hybridized carbons (Fsp3) is 0.316. The Hall–Kier alpha value is -1.87. The third-order valence-electron chi connectivity index (χ3n) is 3.80. The predicted octanol–water partition coefficient (Wildman–Crippen LogP) is 5.27. The van der Waals surface area contributed by atoms with Crippen molar-refractivity contribution in [1.29, 1.82) is 0 Å². The molecule has 0 saturated carbocycles. The van der Waals surface area contributed by atoms with E-state index in [0.717, 1.165) is 11.6 Å². The van der Waals surface area contributed by atoms with Crippen LogP contribution in [0.2, 0.25) is 5.02 Å². The lowest BCUT2D eigenvalue weighted by atomic mass is 9.86. The Bertz CT molecular complexity index is 704. The van der Waals surface area contributed by atoms with Gasteiger partial charge in [0.05, 0.1) is 11.6 Å². The van der Waals surface area contributed by atoms with E-state index < -0.39 is 11.7 Å². The van der Waals surface area contributed by atoms with E-state index in [0.29, 0.717) is 0 Å². The molecule has 2 aromatic carbocycles. The summed E-state index contributed by atoms with van der Waals surface area (Å²) in [6.45, 7) is 8.32. The van der Waals surface area contributed by atoms with E-state index in [9.17, 15) is 9.18 Å². The second-order valence-corrected chi connectivity index (χ2v) is 7.13. The van der Waals surface area contributed by atoms with Crippen LogP contribution in [-0.4, -0.2) is 5.91 Å². The van der Waals surface area contributed by atoms with Gasteiger partial charge in [0.25, 0.3) is 5.91 Å². The Kier molecular flexibility index (Phi) is 5.10. The molecule has 23 heavy (non-hydrogen) atoms. The molecular weight excluding hydrogens is 313 g/mol. The van der Waals surface area contributed by atoms with Gasteiger partial charge in [-0.1, -0.05) is 56.6 Å². The molecule has 0 fully saturated rings. The summed E-state index contributed by atoms with van der Waals surface area (Å²) in [6, 6.07) is 11.9. The van der Waals surface area contributed by atoms with Gasteiger partial charge in [-0.25, -0.2) is 4.39 Å². The molecule has 1 N–H and O–H groups in total. The van der Waals surface area contributed by atoms with Crippen LogP contribution in [0.3, 0.4) is 0 Å². The third kappa shape index (κ3) is 4.32. The predicted molar refractivity (Wildman–Crippen MR) is 92.4 cm³/mol. The molecule has 0 aromatic heterocycles. The summed E-state index contributed by atoms with van der Waals surface area (Å²) in [4.78, 5) is 12.2. The van der Waals surface area contributed by atoms with Crippen molar-refractivity contribution in [2.75, 3.05) is 0 Å². The minimum absolute atomic E-state index is 0.00689. The first-order chi connectivity index (χ1) is 10.7. The van der Waals surface area contributed by atoms with Gasteiger partial charge in [0.1, 0.15) is 5.82 Å². The molecule has 1 amide bonds. The Morgan fingerprint density at radius 1 is 1.13 bits per heavy atom. The smallest absolute Gasteiger partial charge is 0.254 e. The highest BCUT2D eigenvalue weighted by atomic mass is 35.5. The number of hydrogen-bond donors (Lipinski definition) is 1. The van der Waals surface area contributed by atoms with Crippen LogP contribution in [0.4, 0.5) is 4.39 Å². The molecule has 0 bridgehead atoms. The van der Waals surface area contributed by atoms with Crippen molar-refractivity contribution in [2.45, 2.75) is 39.2 Å². The first-order valence-electron chi connectivity index (χ1n) is 7.55. The first kappa shape index (κ1) is 17.5. The van der Waals surface area contributed by atoms with Crippen molar-refractivity contribution in [1.82, 2.24) is 5.32 Å². The monoisotopic (exact) mass is 333 g/mol. The summed E-state index contributed by atoms with van der Waals surface area (Å²) >= 11 is 5.70. The van der Waals surface area contributed by atoms with Gasteiger partial charge in [-0.15, -0.1) is 0 Å². The number of carbonyl (C=O) groups excluding carboxylic acids is 1. The van der Waals surface area contributed by atoms with Crippen LogP contribution in [0.25, 0.3) is 0 Å². The van der Waals surface area contributed by atoms with Gasteiger partial charge in [-0.2, -0.15) is 0 Å². The maximum absolute atomic E-state index is 13.8. The second-order valence-electron chi connectivity index (χ2n) is 6.69. The van der Waals surface area contributed by atoms with Crippen molar-refractivity contribution in [3.8, 4) is 0 Å². The molecule has 0 heterocycles. The van der Waals surface area contributed by atoms with Crippen LogP contribution in [0, 0.1) is 5.82 Å². The molecule has 0 aliphatic heterocycles. The zero-order chi connectivity index (χ0) is 17.2. The number of nitrogens with one attached hydrogen (secondary N) is 1. The zero-order valence-electron chi connectivity index (χ0n) is 13.8. The number of amides is 1. The van der Waals surface area contributed by atoms with Crippen LogP contribution in [0.5, 0.6) is 0 Å². The van der Waals surface area contributed by atoms with Crippen molar-refractivity contribution in [3.63, 3.8) is 0 Å². The van der Waals surface area contributed by atoms with Gasteiger partial charge < -0.3 is 5.32 Å². The molecule has 2 aromatic rings. The van der Waals surface area contributed by atoms with Crippen LogP contribution in [0.15, 0.2) is 42.5 Å². The molecule has 0 saturated heterocycles. The molecule has 0 unspecified atom stereocenters. The molecule has 4 heteroatoms. The van der Waals surface area contributed by atoms with Crippen LogP contribution in [-0.2, 0) is 5.41 Å². The Labute approximate surface area is 141 Å². The molecule has 1 atom stereocenters. The topological polar surface area (TPSA) is 29.1 Å². The minimum Gasteiger partial charge on any atom is -0.345 e. The summed E-state index contributed by atoms with van der Waals surface area (Å²) in [5.74, 6) is -1.07. The normalized spacial score (nSPS) is 12.8. The average Bonchev–Trinajstić information content (AvgIpc) is 2.46. The van der Waals surface area contributed by atoms with E-state index in [1.165, 1.54) is 17.7 Å². The van der Waals surface area contributed by atoms with Crippen molar-refractivity contribution < 1.29 is 9.18 Å². The summed E-state index contributed by atoms with van der Waals surface area (Å²) in [5.41, 5.74) is 2.27. The fourth-order valence-corrected chi connectivity index (χ4v) is 2.46. The lowest BCUT2D eigenvalue weighted by Crippen LogP contribution is -2.27. The van der Waals surface area contributed by atoms with Crippen molar-refractivity contribution in [2.24, 2.45) is 0 Å². The van der Waals surface area contributed by atoms with E-state index in [1.54, 1.807) is 0 Å².